The van der Waals surface area contributed by atoms with Gasteiger partial charge in [0.2, 0.25) is 10.9 Å². The fraction of sp³-hybridized carbons (Fsp3) is 0.512. The number of aromatic nitrogens is 2. The maximum atomic E-state index is 15.5. The Morgan fingerprint density at radius 2 is 0.758 bits per heavy atom. The molecule has 0 unspecified atom stereocenters. The SMILES string of the molecule is CC(C)OP(=O)(OC(C)C)C(Cc1ccc(OC(=O)N2CCN(c3cc4c(cc3F)c(=O)c(C(=O)O)cn4C3CC3)CC2)cc1)P(=O)(OC(C)C)OC(C)C.CC(C)OP(=O)(OC(C)C)C(Cc1ccc(OC(=O)Oc2ccc([N+](=O)[O-])cc2)cc1)P(=O)(OC(C)C)OC(C)C.O=C(O)c1cn(C2CC2)c2cc(N3CCNCC3)c(F)cc2c1=O. The largest absolute Gasteiger partial charge is 0.519 e. The number of carboxylic acid groups (broad SMARTS) is 2. The lowest BCUT2D eigenvalue weighted by molar-refractivity contribution is -0.384. The van der Waals surface area contributed by atoms with E-state index in [1.165, 1.54) is 59.8 Å². The number of nitro benzene ring substituents is 1. The average molecular weight is 1750 g/mol. The Labute approximate surface area is 695 Å². The third-order valence-corrected chi connectivity index (χ3v) is 31.3. The van der Waals surface area contributed by atoms with Gasteiger partial charge in [0.15, 0.2) is 10.8 Å². The van der Waals surface area contributed by atoms with E-state index in [0.29, 0.717) is 40.9 Å². The van der Waals surface area contributed by atoms with Crippen molar-refractivity contribution in [1.82, 2.24) is 19.4 Å². The monoisotopic (exact) mass is 1750 g/mol. The number of benzene rings is 5. The first-order valence-corrected chi connectivity index (χ1v) is 46.4. The number of ether oxygens (including phenoxy) is 3. The van der Waals surface area contributed by atoms with Gasteiger partial charge in [-0.05, 0) is 221 Å². The topological polar surface area (TPSA) is 387 Å². The number of nitro groups is 1. The van der Waals surface area contributed by atoms with Gasteiger partial charge >= 0.3 is 54.6 Å². The van der Waals surface area contributed by atoms with Crippen LogP contribution in [0.25, 0.3) is 21.8 Å². The van der Waals surface area contributed by atoms with Crippen molar-refractivity contribution in [1.29, 1.82) is 0 Å². The van der Waals surface area contributed by atoms with Gasteiger partial charge in [-0.3, -0.25) is 38.0 Å². The first-order valence-electron chi connectivity index (χ1n) is 40.0. The molecule has 7 aromatic rings. The highest BCUT2D eigenvalue weighted by molar-refractivity contribution is 7.73. The van der Waals surface area contributed by atoms with Crippen LogP contribution in [0.1, 0.15) is 180 Å². The molecule has 11 rings (SSSR count). The van der Waals surface area contributed by atoms with Gasteiger partial charge in [0.25, 0.3) is 5.69 Å². The van der Waals surface area contributed by atoms with E-state index >= 15 is 4.39 Å². The summed E-state index contributed by atoms with van der Waals surface area (Å²) in [5.41, 5.74) is 0.787. The molecule has 2 aliphatic carbocycles. The van der Waals surface area contributed by atoms with Crippen LogP contribution in [0, 0.1) is 21.7 Å². The van der Waals surface area contributed by atoms with E-state index in [2.05, 4.69) is 5.32 Å². The second kappa shape index (κ2) is 41.1. The molecule has 4 heterocycles. The number of hydrogen-bond donors (Lipinski definition) is 3. The van der Waals surface area contributed by atoms with E-state index in [1.807, 2.05) is 9.47 Å². The maximum absolute atomic E-state index is 15.5. The van der Waals surface area contributed by atoms with Gasteiger partial charge in [-0.15, -0.1) is 0 Å². The Bertz CT molecular complexity index is 4990. The van der Waals surface area contributed by atoms with Crippen molar-refractivity contribution in [3.63, 3.8) is 0 Å². The van der Waals surface area contributed by atoms with E-state index < -0.39 is 147 Å². The molecule has 2 aliphatic heterocycles. The van der Waals surface area contributed by atoms with Gasteiger partial charge in [0.1, 0.15) is 40.0 Å². The van der Waals surface area contributed by atoms with Crippen LogP contribution in [0.5, 0.6) is 17.2 Å². The minimum atomic E-state index is -4.12. The summed E-state index contributed by atoms with van der Waals surface area (Å²) < 4.78 is 154. The minimum absolute atomic E-state index is 0.0143. The maximum Gasteiger partial charge on any atom is 0.519 e. The zero-order chi connectivity index (χ0) is 88.2. The number of anilines is 2. The number of non-ortho nitro benzene ring substituents is 1. The van der Waals surface area contributed by atoms with Gasteiger partial charge in [-0.2, -0.15) is 0 Å². The molecule has 4 fully saturated rings. The summed E-state index contributed by atoms with van der Waals surface area (Å²) in [5.74, 6) is -3.32. The molecule has 2 saturated heterocycles. The predicted molar refractivity (Wildman–Crippen MR) is 449 cm³/mol. The van der Waals surface area contributed by atoms with Crippen LogP contribution in [-0.4, -0.2) is 165 Å². The van der Waals surface area contributed by atoms with Crippen LogP contribution in [-0.2, 0) is 67.3 Å². The van der Waals surface area contributed by atoms with Crippen LogP contribution in [0.15, 0.2) is 119 Å². The fourth-order valence-electron chi connectivity index (χ4n) is 13.5. The van der Waals surface area contributed by atoms with Crippen molar-refractivity contribution in [2.75, 3.05) is 62.2 Å². The quantitative estimate of drug-likeness (QED) is 0.0111. The van der Waals surface area contributed by atoms with E-state index in [1.54, 1.807) is 169 Å². The van der Waals surface area contributed by atoms with Crippen LogP contribution < -0.4 is 40.2 Å². The standard InChI is InChI=1S/C38H52FN3O11P2.C27H39NO11P2.C17H18FN3O3/c1-23(2)50-54(47,51-24(3)4)35(55(48,52-25(5)6)53-26(7)8)19-27-9-13-29(14-10-27)49-38(46)41-17-15-40(16-18-41)34-21-33-30(20-32(34)39)36(43)31(37(44)45)22-42(33)28-11-12-28;1-18(2)36-40(32,37-19(3)4)26(41(33,38-20(5)6)39-21(7)8)17-22-9-13-24(14-10-22)34-27(29)35-25-15-11-23(12-16-25)28(30)31;18-13-7-11-14(8-15(13)20-5-3-19-4-6-20)21(10-1-2-10)9-12(16(11)22)17(23)24/h9-10,13-14,20-26,28,35H,11-12,15-19H2,1-8H3,(H,44,45);9-16,18-21,26H,17H2,1-8H3;7-10,19H,1-6H2,(H,23,24). The number of nitrogens with zero attached hydrogens (tertiary/aromatic N) is 6. The molecule has 0 bridgehead atoms. The lowest BCUT2D eigenvalue weighted by Gasteiger charge is -2.35. The number of piperazine rings is 2. The second-order valence-corrected chi connectivity index (χ2v) is 40.9. The third kappa shape index (κ3) is 25.3. The summed E-state index contributed by atoms with van der Waals surface area (Å²) in [5, 5.41) is 30.4. The Hall–Kier alpha value is -8.58. The second-order valence-electron chi connectivity index (χ2n) is 31.6. The van der Waals surface area contributed by atoms with Crippen molar-refractivity contribution in [2.24, 2.45) is 0 Å². The number of halogens is 2. The van der Waals surface area contributed by atoms with Crippen molar-refractivity contribution in [3.8, 4) is 17.2 Å². The lowest BCUT2D eigenvalue weighted by atomic mass is 10.1. The fourth-order valence-corrected chi connectivity index (χ4v) is 25.3. The van der Waals surface area contributed by atoms with Gasteiger partial charge in [0.05, 0.1) is 76.2 Å². The smallest absolute Gasteiger partial charge is 0.477 e. The van der Waals surface area contributed by atoms with Crippen LogP contribution in [0.3, 0.4) is 0 Å². The lowest BCUT2D eigenvalue weighted by Crippen LogP contribution is -2.49. The zero-order valence-corrected chi connectivity index (χ0v) is 73.8. The molecule has 0 radical (unpaired) electrons. The molecule has 656 valence electrons. The first kappa shape index (κ1) is 95.3. The van der Waals surface area contributed by atoms with Gasteiger partial charge < -0.3 is 89.8 Å². The number of hydrogen-bond acceptors (Lipinski definition) is 26. The number of fused-ring (bicyclic) bond motifs is 2. The van der Waals surface area contributed by atoms with Crippen molar-refractivity contribution < 1.29 is 112 Å². The highest BCUT2D eigenvalue weighted by atomic mass is 31.2. The number of carboxylic acids is 2. The highest BCUT2D eigenvalue weighted by Crippen LogP contribution is 2.74. The average Bonchev–Trinajstić information content (AvgIpc) is 1.14. The normalized spacial score (nSPS) is 15.1. The van der Waals surface area contributed by atoms with Crippen molar-refractivity contribution in [3.05, 3.63) is 174 Å². The third-order valence-electron chi connectivity index (χ3n) is 18.5. The van der Waals surface area contributed by atoms with Gasteiger partial charge in [-0.1, -0.05) is 24.3 Å². The first-order chi connectivity index (χ1) is 56.4. The molecule has 32 nitrogen and oxygen atoms in total. The molecule has 1 amide bonds. The zero-order valence-electron chi connectivity index (χ0n) is 70.2. The van der Waals surface area contributed by atoms with E-state index in [9.17, 15) is 71.7 Å². The van der Waals surface area contributed by atoms with Gasteiger partial charge in [0, 0.05) is 99.7 Å². The molecule has 3 N–H and O–H groups in total. The Morgan fingerprint density at radius 1 is 0.458 bits per heavy atom. The predicted octanol–water partition coefficient (Wildman–Crippen LogP) is 18.2. The molecule has 0 atom stereocenters. The molecule has 2 saturated carbocycles. The number of carbonyl (C=O) groups excluding carboxylic acids is 2. The van der Waals surface area contributed by atoms with Crippen LogP contribution in [0.4, 0.5) is 35.4 Å². The molecular formula is C82H109F2N7O25P4. The minimum Gasteiger partial charge on any atom is -0.477 e. The van der Waals surface area contributed by atoms with Gasteiger partial charge in [-0.25, -0.2) is 28.0 Å². The van der Waals surface area contributed by atoms with Crippen molar-refractivity contribution >= 4 is 93.4 Å². The van der Waals surface area contributed by atoms with Crippen molar-refractivity contribution in [2.45, 2.75) is 221 Å². The molecule has 120 heavy (non-hydrogen) atoms. The Balaban J connectivity index is 0.000000220. The Morgan fingerprint density at radius 3 is 1.05 bits per heavy atom. The number of nitrogens with one attached hydrogen (secondary N) is 1. The van der Waals surface area contributed by atoms with Crippen LogP contribution >= 0.6 is 30.4 Å². The number of amides is 1. The summed E-state index contributed by atoms with van der Waals surface area (Å²) in [7, 11) is -16.4. The molecule has 4 aliphatic rings. The molecule has 0 spiro atoms. The highest BCUT2D eigenvalue weighted by Gasteiger charge is 2.55. The summed E-state index contributed by atoms with van der Waals surface area (Å²) in [6.07, 6.45) is 0.427. The molecule has 5 aromatic carbocycles. The summed E-state index contributed by atoms with van der Waals surface area (Å²) in [6.45, 7) is 31.3. The summed E-state index contributed by atoms with van der Waals surface area (Å²) in [6, 6.07) is 23.4. The molecular weight excluding hydrogens is 1640 g/mol. The van der Waals surface area contributed by atoms with E-state index in [-0.39, 0.29) is 96.1 Å². The number of rotatable bonds is 34. The number of aromatic carboxylic acids is 2. The number of carbonyl (C=O) groups is 4. The summed E-state index contributed by atoms with van der Waals surface area (Å²) in [4.78, 5) is 89.2. The molecule has 38 heteroatoms. The van der Waals surface area contributed by atoms with E-state index in [0.717, 1.165) is 44.8 Å². The summed E-state index contributed by atoms with van der Waals surface area (Å²) >= 11 is 0. The van der Waals surface area contributed by atoms with E-state index in [4.69, 9.17) is 50.4 Å². The Kier molecular flexibility index (Phi) is 32.6. The number of pyridine rings is 2. The molecule has 2 aromatic heterocycles. The van der Waals surface area contributed by atoms with Crippen LogP contribution in [0.2, 0.25) is 0 Å².